The normalized spacial score (nSPS) is 12.3. The summed E-state index contributed by atoms with van der Waals surface area (Å²) in [4.78, 5) is 4.91. The lowest BCUT2D eigenvalue weighted by Crippen LogP contribution is -2.31. The molecule has 0 unspecified atom stereocenters. The first-order chi connectivity index (χ1) is 28.4. The van der Waals surface area contributed by atoms with Crippen molar-refractivity contribution in [1.29, 1.82) is 0 Å². The van der Waals surface area contributed by atoms with Crippen molar-refractivity contribution < 1.29 is 12.8 Å². The molecule has 0 fully saturated rings. The van der Waals surface area contributed by atoms with Gasteiger partial charge in [-0.25, -0.2) is 8.42 Å². The number of anilines is 2. The number of hydrogen-bond donors (Lipinski definition) is 0. The molecule has 0 saturated carbocycles. The second-order valence-electron chi connectivity index (χ2n) is 13.6. The fourth-order valence-electron chi connectivity index (χ4n) is 7.22. The van der Waals surface area contributed by atoms with Gasteiger partial charge in [0, 0.05) is 80.6 Å². The van der Waals surface area contributed by atoms with Crippen molar-refractivity contribution >= 4 is 61.6 Å². The monoisotopic (exact) mass is 818 g/mol. The van der Waals surface area contributed by atoms with Gasteiger partial charge >= 0.3 is 0 Å². The van der Waals surface area contributed by atoms with Crippen LogP contribution in [0.5, 0.6) is 0 Å². The molecule has 0 bridgehead atoms. The Hall–Kier alpha value is -5.58. The highest BCUT2D eigenvalue weighted by molar-refractivity contribution is 7.99. The molecule has 0 spiro atoms. The van der Waals surface area contributed by atoms with Crippen LogP contribution in [0.4, 0.5) is 17.1 Å². The van der Waals surface area contributed by atoms with Gasteiger partial charge in [-0.3, -0.25) is 0 Å². The second-order valence-corrected chi connectivity index (χ2v) is 17.6. The summed E-state index contributed by atoms with van der Waals surface area (Å²) in [5.41, 5.74) is 6.01. The molecule has 6 aromatic rings. The van der Waals surface area contributed by atoms with Crippen LogP contribution in [0.1, 0.15) is 13.8 Å². The molecule has 1 aliphatic heterocycles. The van der Waals surface area contributed by atoms with Gasteiger partial charge in [-0.1, -0.05) is 117 Å². The van der Waals surface area contributed by atoms with Gasteiger partial charge in [-0.2, -0.15) is 8.88 Å². The maximum atomic E-state index is 14.3. The summed E-state index contributed by atoms with van der Waals surface area (Å²) in [7, 11) is -3.82. The van der Waals surface area contributed by atoms with E-state index in [1.54, 1.807) is 35.7 Å². The first kappa shape index (κ1) is 39.3. The van der Waals surface area contributed by atoms with Crippen molar-refractivity contribution in [3.8, 4) is 22.5 Å². The Kier molecular flexibility index (Phi) is 12.1. The van der Waals surface area contributed by atoms with Crippen LogP contribution in [-0.2, 0) is 10.0 Å². The molecule has 6 nitrogen and oxygen atoms in total. The van der Waals surface area contributed by atoms with Crippen LogP contribution < -0.4 is 14.8 Å². The van der Waals surface area contributed by atoms with Crippen LogP contribution >= 0.6 is 23.5 Å². The number of sulfonamides is 1. The van der Waals surface area contributed by atoms with Crippen LogP contribution in [0.15, 0.2) is 201 Å². The molecular formula is C49H44N3O3S3+. The number of nitrogens with zero attached hydrogens (tertiary/aromatic N) is 3. The van der Waals surface area contributed by atoms with Crippen LogP contribution in [0, 0.1) is 0 Å². The third-order valence-corrected chi connectivity index (χ3v) is 14.2. The molecule has 6 aromatic carbocycles. The minimum Gasteiger partial charge on any atom is -0.456 e. The third-order valence-electron chi connectivity index (χ3n) is 10.1. The Bertz CT molecular complexity index is 2780. The van der Waals surface area contributed by atoms with Crippen molar-refractivity contribution in [3.63, 3.8) is 0 Å². The summed E-state index contributed by atoms with van der Waals surface area (Å²) in [6, 6.07) is 61.4. The fraction of sp³-hybridized carbons (Fsp3) is 0.122. The Morgan fingerprint density at radius 2 is 1.19 bits per heavy atom. The van der Waals surface area contributed by atoms with Crippen molar-refractivity contribution in [3.05, 3.63) is 187 Å². The Labute approximate surface area is 349 Å². The summed E-state index contributed by atoms with van der Waals surface area (Å²) in [6.07, 6.45) is 0. The molecule has 0 N–H and O–H groups in total. The van der Waals surface area contributed by atoms with Gasteiger partial charge in [0.05, 0.1) is 16.8 Å². The van der Waals surface area contributed by atoms with E-state index in [4.69, 9.17) is 4.42 Å². The Morgan fingerprint density at radius 1 is 0.586 bits per heavy atom. The van der Waals surface area contributed by atoms with Crippen LogP contribution in [0.3, 0.4) is 0 Å². The van der Waals surface area contributed by atoms with E-state index in [0.29, 0.717) is 41.7 Å². The van der Waals surface area contributed by atoms with E-state index >= 15 is 0 Å². The maximum Gasteiger partial charge on any atom is 0.243 e. The highest BCUT2D eigenvalue weighted by atomic mass is 32.2. The summed E-state index contributed by atoms with van der Waals surface area (Å²) >= 11 is 3.52. The molecule has 9 heteroatoms. The lowest BCUT2D eigenvalue weighted by Gasteiger charge is -2.26. The highest BCUT2D eigenvalue weighted by Gasteiger charge is 2.29. The molecular weight excluding hydrogens is 775 g/mol. The smallest absolute Gasteiger partial charge is 0.243 e. The summed E-state index contributed by atoms with van der Waals surface area (Å²) < 4.78 is 39.4. The zero-order valence-electron chi connectivity index (χ0n) is 32.4. The Morgan fingerprint density at radius 3 is 1.86 bits per heavy atom. The molecule has 0 atom stereocenters. The van der Waals surface area contributed by atoms with Crippen molar-refractivity contribution in [2.75, 3.05) is 29.7 Å². The van der Waals surface area contributed by atoms with Gasteiger partial charge in [-0.15, -0.1) is 11.8 Å². The quantitative estimate of drug-likeness (QED) is 0.0471. The fourth-order valence-corrected chi connectivity index (χ4v) is 10.7. The predicted octanol–water partition coefficient (Wildman–Crippen LogP) is 12.0. The number of para-hydroxylation sites is 2. The van der Waals surface area contributed by atoms with Gasteiger partial charge in [0.15, 0.2) is 5.88 Å². The number of hydrogen-bond acceptors (Lipinski definition) is 6. The van der Waals surface area contributed by atoms with E-state index in [0.717, 1.165) is 38.9 Å². The average Bonchev–Trinajstić information content (AvgIpc) is 3.27. The number of fused-ring (bicyclic) bond motifs is 2. The predicted molar refractivity (Wildman–Crippen MR) is 243 cm³/mol. The van der Waals surface area contributed by atoms with Gasteiger partial charge in [0.2, 0.25) is 21.1 Å². The molecule has 0 amide bonds. The third kappa shape index (κ3) is 8.35. The largest absolute Gasteiger partial charge is 0.456 e. The summed E-state index contributed by atoms with van der Waals surface area (Å²) in [5, 5.41) is 1.79. The molecule has 1 heterocycles. The molecule has 0 radical (unpaired) electrons. The van der Waals surface area contributed by atoms with Crippen LogP contribution in [0.25, 0.3) is 33.4 Å². The maximum absolute atomic E-state index is 14.3. The molecule has 0 saturated heterocycles. The van der Waals surface area contributed by atoms with E-state index in [9.17, 15) is 8.42 Å². The zero-order chi connectivity index (χ0) is 39.9. The molecule has 58 heavy (non-hydrogen) atoms. The van der Waals surface area contributed by atoms with Gasteiger partial charge in [0.1, 0.15) is 11.3 Å². The summed E-state index contributed by atoms with van der Waals surface area (Å²) in [6.45, 7) is 4.50. The van der Waals surface area contributed by atoms with Gasteiger partial charge in [-0.05, 0) is 60.7 Å². The van der Waals surface area contributed by atoms with Crippen molar-refractivity contribution in [1.82, 2.24) is 8.88 Å². The summed E-state index contributed by atoms with van der Waals surface area (Å²) in [5.74, 6) is 1.99. The van der Waals surface area contributed by atoms with E-state index in [-0.39, 0.29) is 4.90 Å². The molecule has 290 valence electrons. The van der Waals surface area contributed by atoms with Crippen LogP contribution in [0.2, 0.25) is 0 Å². The second kappa shape index (κ2) is 17.9. The number of benzene rings is 7. The lowest BCUT2D eigenvalue weighted by molar-refractivity contribution is 0.445. The van der Waals surface area contributed by atoms with E-state index in [1.807, 2.05) is 50.2 Å². The minimum absolute atomic E-state index is 0.274. The van der Waals surface area contributed by atoms with Gasteiger partial charge < -0.3 is 9.32 Å². The lowest BCUT2D eigenvalue weighted by atomic mass is 9.93. The van der Waals surface area contributed by atoms with Crippen LogP contribution in [-0.4, -0.2) is 37.6 Å². The zero-order valence-corrected chi connectivity index (χ0v) is 34.9. The number of rotatable bonds is 14. The first-order valence-electron chi connectivity index (χ1n) is 19.4. The average molecular weight is 819 g/mol. The molecule has 8 rings (SSSR count). The minimum atomic E-state index is -3.82. The van der Waals surface area contributed by atoms with Crippen molar-refractivity contribution in [2.24, 2.45) is 0 Å². The van der Waals surface area contributed by atoms with E-state index in [1.165, 1.54) is 14.1 Å². The molecule has 1 aliphatic carbocycles. The highest BCUT2D eigenvalue weighted by Crippen LogP contribution is 2.44. The standard InChI is InChI=1S/C49H44N3O3S3/c1-3-50(4-2)58(53,54)48-28-18-17-27-45(48)49-43-31-29-39(51(37-19-9-5-10-20-37)35-56-41-23-13-7-14-24-41)33-46(43)55-47-34-40(30-32-44(47)49)52(38-21-11-6-12-22-38)36-57-42-25-15-8-16-26-42/h5-34H,3-4,35-36H2,1-2H3/q+1. The number of thioether (sulfide) groups is 2. The first-order valence-corrected chi connectivity index (χ1v) is 22.8. The van der Waals surface area contributed by atoms with E-state index < -0.39 is 10.0 Å². The SMILES string of the molecule is CCN(CC)S(=O)(=O)c1ccccc1-c1c2cc/c(=[N+](/CSc3ccccc3)c3ccccc3)cc-2oc2cc(N(CSc3ccccc3)c3ccccc3)ccc12. The molecule has 0 aromatic heterocycles. The van der Waals surface area contributed by atoms with Crippen molar-refractivity contribution in [2.45, 2.75) is 28.5 Å². The van der Waals surface area contributed by atoms with Gasteiger partial charge in [0.25, 0.3) is 0 Å². The topological polar surface area (TPSA) is 56.8 Å². The molecule has 2 aliphatic rings. The van der Waals surface area contributed by atoms with E-state index in [2.05, 4.69) is 143 Å². The Balaban J connectivity index is 1.37.